The molecule has 0 amide bonds. The van der Waals surface area contributed by atoms with E-state index in [4.69, 9.17) is 9.15 Å². The van der Waals surface area contributed by atoms with Crippen molar-refractivity contribution < 1.29 is 13.9 Å². The highest BCUT2D eigenvalue weighted by molar-refractivity contribution is 5.91. The zero-order chi connectivity index (χ0) is 21.2. The Labute approximate surface area is 176 Å². The van der Waals surface area contributed by atoms with Gasteiger partial charge in [-0.3, -0.25) is 4.79 Å². The fraction of sp³-hybridized carbons (Fsp3) is 0.0833. The van der Waals surface area contributed by atoms with E-state index in [-0.39, 0.29) is 18.6 Å². The summed E-state index contributed by atoms with van der Waals surface area (Å²) >= 11 is 0. The predicted molar refractivity (Wildman–Crippen MR) is 115 cm³/mol. The number of hydrogen-bond acceptors (Lipinski definition) is 6. The first-order valence-electron chi connectivity index (χ1n) is 9.75. The summed E-state index contributed by atoms with van der Waals surface area (Å²) in [5.74, 6) is 0.302. The first-order valence-corrected chi connectivity index (χ1v) is 9.75. The first-order chi connectivity index (χ1) is 15.2. The molecule has 0 spiro atoms. The van der Waals surface area contributed by atoms with Gasteiger partial charge < -0.3 is 14.1 Å². The number of fused-ring (bicyclic) bond motifs is 2. The number of rotatable bonds is 5. The summed E-state index contributed by atoms with van der Waals surface area (Å²) < 4.78 is 11.0. The van der Waals surface area contributed by atoms with Gasteiger partial charge in [-0.15, -0.1) is 0 Å². The van der Waals surface area contributed by atoms with Gasteiger partial charge in [0.05, 0.1) is 16.5 Å². The van der Waals surface area contributed by atoms with E-state index in [0.29, 0.717) is 44.8 Å². The van der Waals surface area contributed by atoms with Crippen LogP contribution >= 0.6 is 0 Å². The van der Waals surface area contributed by atoms with Crippen molar-refractivity contribution in [2.75, 3.05) is 0 Å². The molecule has 7 heteroatoms. The van der Waals surface area contributed by atoms with Crippen molar-refractivity contribution in [2.24, 2.45) is 0 Å². The molecule has 3 aromatic carbocycles. The van der Waals surface area contributed by atoms with Crippen LogP contribution in [-0.4, -0.2) is 20.9 Å². The number of H-pyrrole nitrogens is 1. The SMILES string of the molecule is O=C(OCc1nc2ccccc2o1)c1ccccc1Cc1nc2ccccc2c(=O)[nH]1. The van der Waals surface area contributed by atoms with Crippen LogP contribution in [0, 0.1) is 0 Å². The summed E-state index contributed by atoms with van der Waals surface area (Å²) in [6, 6.07) is 21.6. The largest absolute Gasteiger partial charge is 0.452 e. The molecule has 0 aliphatic rings. The molecule has 2 heterocycles. The van der Waals surface area contributed by atoms with Crippen molar-refractivity contribution >= 4 is 28.0 Å². The molecule has 31 heavy (non-hydrogen) atoms. The Morgan fingerprint density at radius 3 is 2.52 bits per heavy atom. The number of ether oxygens (including phenoxy) is 1. The molecule has 0 radical (unpaired) electrons. The van der Waals surface area contributed by atoms with E-state index in [0.717, 1.165) is 0 Å². The summed E-state index contributed by atoms with van der Waals surface area (Å²) in [5, 5.41) is 0.525. The van der Waals surface area contributed by atoms with Crippen molar-refractivity contribution in [2.45, 2.75) is 13.0 Å². The third-order valence-electron chi connectivity index (χ3n) is 4.92. The van der Waals surface area contributed by atoms with Crippen LogP contribution in [0.4, 0.5) is 0 Å². The normalized spacial score (nSPS) is 11.1. The number of aromatic amines is 1. The molecule has 0 saturated heterocycles. The van der Waals surface area contributed by atoms with Crippen molar-refractivity contribution in [1.82, 2.24) is 15.0 Å². The minimum atomic E-state index is -0.499. The molecule has 152 valence electrons. The van der Waals surface area contributed by atoms with Crippen LogP contribution in [0.5, 0.6) is 0 Å². The van der Waals surface area contributed by atoms with Gasteiger partial charge in [0.2, 0.25) is 5.89 Å². The predicted octanol–water partition coefficient (Wildman–Crippen LogP) is 4.01. The number of oxazole rings is 1. The van der Waals surface area contributed by atoms with E-state index in [1.807, 2.05) is 36.4 Å². The van der Waals surface area contributed by atoms with Gasteiger partial charge in [-0.2, -0.15) is 0 Å². The highest BCUT2D eigenvalue weighted by Gasteiger charge is 2.16. The van der Waals surface area contributed by atoms with Gasteiger partial charge >= 0.3 is 5.97 Å². The lowest BCUT2D eigenvalue weighted by Gasteiger charge is -2.09. The second-order valence-electron chi connectivity index (χ2n) is 7.02. The Morgan fingerprint density at radius 1 is 0.903 bits per heavy atom. The number of nitrogens with zero attached hydrogens (tertiary/aromatic N) is 2. The number of carbonyl (C=O) groups is 1. The molecular weight excluding hydrogens is 394 g/mol. The van der Waals surface area contributed by atoms with Gasteiger partial charge in [-0.05, 0) is 35.9 Å². The Hall–Kier alpha value is -4.26. The molecular formula is C24H17N3O4. The molecule has 5 rings (SSSR count). The van der Waals surface area contributed by atoms with Crippen LogP contribution < -0.4 is 5.56 Å². The zero-order valence-electron chi connectivity index (χ0n) is 16.4. The van der Waals surface area contributed by atoms with Crippen LogP contribution in [0.3, 0.4) is 0 Å². The van der Waals surface area contributed by atoms with Gasteiger partial charge in [-0.25, -0.2) is 14.8 Å². The Morgan fingerprint density at radius 2 is 1.65 bits per heavy atom. The van der Waals surface area contributed by atoms with Gasteiger partial charge in [0.25, 0.3) is 5.56 Å². The third kappa shape index (κ3) is 3.81. The van der Waals surface area contributed by atoms with Gasteiger partial charge in [-0.1, -0.05) is 42.5 Å². The van der Waals surface area contributed by atoms with Gasteiger partial charge in [0.15, 0.2) is 12.2 Å². The summed E-state index contributed by atoms with van der Waals surface area (Å²) in [7, 11) is 0. The maximum Gasteiger partial charge on any atom is 0.338 e. The number of para-hydroxylation sites is 3. The average molecular weight is 411 g/mol. The highest BCUT2D eigenvalue weighted by atomic mass is 16.5. The maximum atomic E-state index is 12.7. The van der Waals surface area contributed by atoms with E-state index in [1.54, 1.807) is 36.4 Å². The number of nitrogens with one attached hydrogen (secondary N) is 1. The molecule has 0 unspecified atom stereocenters. The Balaban J connectivity index is 1.37. The molecule has 0 fully saturated rings. The summed E-state index contributed by atoms with van der Waals surface area (Å²) in [6.45, 7) is -0.0765. The number of benzene rings is 3. The quantitative estimate of drug-likeness (QED) is 0.439. The van der Waals surface area contributed by atoms with Crippen LogP contribution in [0.15, 0.2) is 82.0 Å². The van der Waals surface area contributed by atoms with Crippen molar-refractivity contribution in [3.05, 3.63) is 106 Å². The lowest BCUT2D eigenvalue weighted by molar-refractivity contribution is 0.0439. The van der Waals surface area contributed by atoms with E-state index in [1.165, 1.54) is 0 Å². The van der Waals surface area contributed by atoms with Crippen LogP contribution in [-0.2, 0) is 17.8 Å². The second-order valence-corrected chi connectivity index (χ2v) is 7.02. The van der Waals surface area contributed by atoms with Crippen LogP contribution in [0.1, 0.15) is 27.6 Å². The molecule has 5 aromatic rings. The maximum absolute atomic E-state index is 12.7. The van der Waals surface area contributed by atoms with E-state index < -0.39 is 5.97 Å². The molecule has 0 aliphatic carbocycles. The smallest absolute Gasteiger partial charge is 0.338 e. The monoisotopic (exact) mass is 411 g/mol. The van der Waals surface area contributed by atoms with Crippen LogP contribution in [0.25, 0.3) is 22.0 Å². The molecule has 7 nitrogen and oxygen atoms in total. The molecule has 0 atom stereocenters. The van der Waals surface area contributed by atoms with Crippen molar-refractivity contribution in [1.29, 1.82) is 0 Å². The van der Waals surface area contributed by atoms with E-state index in [9.17, 15) is 9.59 Å². The molecule has 2 aromatic heterocycles. The number of aromatic nitrogens is 3. The van der Waals surface area contributed by atoms with Crippen molar-refractivity contribution in [3.8, 4) is 0 Å². The molecule has 0 bridgehead atoms. The van der Waals surface area contributed by atoms with Gasteiger partial charge in [0.1, 0.15) is 11.3 Å². The van der Waals surface area contributed by atoms with E-state index >= 15 is 0 Å². The minimum absolute atomic E-state index is 0.0765. The molecule has 0 saturated carbocycles. The second kappa shape index (κ2) is 7.87. The zero-order valence-corrected chi connectivity index (χ0v) is 16.4. The number of esters is 1. The van der Waals surface area contributed by atoms with E-state index in [2.05, 4.69) is 15.0 Å². The number of carbonyl (C=O) groups excluding carboxylic acids is 1. The topological polar surface area (TPSA) is 98.1 Å². The fourth-order valence-electron chi connectivity index (χ4n) is 3.46. The highest BCUT2D eigenvalue weighted by Crippen LogP contribution is 2.18. The molecule has 0 aliphatic heterocycles. The summed E-state index contributed by atoms with van der Waals surface area (Å²) in [6.07, 6.45) is 0.286. The molecule has 1 N–H and O–H groups in total. The lowest BCUT2D eigenvalue weighted by Crippen LogP contribution is -2.14. The Bertz CT molecular complexity index is 1440. The standard InChI is InChI=1S/C24H17N3O4/c28-23-17-9-3-4-10-18(17)25-21(27-23)13-15-7-1-2-8-16(15)24(29)30-14-22-26-19-11-5-6-12-20(19)31-22/h1-12H,13-14H2,(H,25,27,28). The van der Waals surface area contributed by atoms with Crippen molar-refractivity contribution in [3.63, 3.8) is 0 Å². The number of hydrogen-bond donors (Lipinski definition) is 1. The summed E-state index contributed by atoms with van der Waals surface area (Å²) in [5.41, 5.74) is 2.84. The fourth-order valence-corrected chi connectivity index (χ4v) is 3.46. The Kier molecular flexibility index (Phi) is 4.76. The van der Waals surface area contributed by atoms with Gasteiger partial charge in [0, 0.05) is 6.42 Å². The third-order valence-corrected chi connectivity index (χ3v) is 4.92. The lowest BCUT2D eigenvalue weighted by atomic mass is 10.0. The minimum Gasteiger partial charge on any atom is -0.452 e. The first kappa shape index (κ1) is 18.7. The average Bonchev–Trinajstić information content (AvgIpc) is 3.21. The summed E-state index contributed by atoms with van der Waals surface area (Å²) in [4.78, 5) is 36.7. The van der Waals surface area contributed by atoms with Crippen LogP contribution in [0.2, 0.25) is 0 Å².